The zero-order chi connectivity index (χ0) is 21.5. The van der Waals surface area contributed by atoms with Crippen molar-refractivity contribution in [3.63, 3.8) is 0 Å². The van der Waals surface area contributed by atoms with Crippen LogP contribution in [0.15, 0.2) is 65.3 Å². The van der Waals surface area contributed by atoms with Gasteiger partial charge in [0.25, 0.3) is 0 Å². The first kappa shape index (κ1) is 19.5. The number of hydrogen-bond donors (Lipinski definition) is 1. The van der Waals surface area contributed by atoms with Gasteiger partial charge in [-0.05, 0) is 79.9 Å². The van der Waals surface area contributed by atoms with Crippen molar-refractivity contribution in [3.05, 3.63) is 83.1 Å². The Morgan fingerprint density at radius 1 is 1.00 bits per heavy atom. The van der Waals surface area contributed by atoms with Crippen molar-refractivity contribution in [1.82, 2.24) is 4.98 Å². The Labute approximate surface area is 184 Å². The molecule has 0 saturated heterocycles. The molecule has 0 aliphatic rings. The predicted molar refractivity (Wildman–Crippen MR) is 128 cm³/mol. The van der Waals surface area contributed by atoms with E-state index < -0.39 is 0 Å². The van der Waals surface area contributed by atoms with Crippen molar-refractivity contribution >= 4 is 44.1 Å². The van der Waals surface area contributed by atoms with Crippen LogP contribution in [0.2, 0.25) is 0 Å². The van der Waals surface area contributed by atoms with Crippen LogP contribution < -0.4 is 5.32 Å². The molecule has 2 aromatic heterocycles. The number of nitrogens with zero attached hydrogens (tertiary/aromatic N) is 1. The fourth-order valence-corrected chi connectivity index (χ4v) is 5.06. The Morgan fingerprint density at radius 2 is 1.81 bits per heavy atom. The Kier molecular flexibility index (Phi) is 4.83. The molecule has 5 heteroatoms. The summed E-state index contributed by atoms with van der Waals surface area (Å²) in [5.41, 5.74) is 8.08. The fraction of sp³-hybridized carbons (Fsp3) is 0.154. The lowest BCUT2D eigenvalue weighted by atomic mass is 10.0. The summed E-state index contributed by atoms with van der Waals surface area (Å²) >= 11 is 1.68. The highest BCUT2D eigenvalue weighted by molar-refractivity contribution is 7.21. The quantitative estimate of drug-likeness (QED) is 0.343. The normalized spacial score (nSPS) is 11.3. The lowest BCUT2D eigenvalue weighted by Gasteiger charge is -2.06. The maximum atomic E-state index is 12.6. The monoisotopic (exact) mass is 426 g/mol. The maximum Gasteiger partial charge on any atom is 0.228 e. The number of aryl methyl sites for hydroxylation is 3. The average molecular weight is 427 g/mol. The number of furan rings is 1. The summed E-state index contributed by atoms with van der Waals surface area (Å²) in [6, 6.07) is 18.3. The predicted octanol–water partition coefficient (Wildman–Crippen LogP) is 6.82. The summed E-state index contributed by atoms with van der Waals surface area (Å²) in [5.74, 6) is -0.0640. The van der Waals surface area contributed by atoms with Gasteiger partial charge in [-0.25, -0.2) is 4.98 Å². The van der Waals surface area contributed by atoms with Crippen molar-refractivity contribution in [2.75, 3.05) is 5.32 Å². The van der Waals surface area contributed by atoms with Gasteiger partial charge in [0.2, 0.25) is 5.91 Å². The molecular weight excluding hydrogens is 404 g/mol. The van der Waals surface area contributed by atoms with E-state index in [2.05, 4.69) is 36.5 Å². The molecule has 5 rings (SSSR count). The van der Waals surface area contributed by atoms with Gasteiger partial charge >= 0.3 is 0 Å². The number of aromatic nitrogens is 1. The van der Waals surface area contributed by atoms with Crippen molar-refractivity contribution in [2.45, 2.75) is 27.2 Å². The molecule has 0 unspecified atom stereocenters. The number of anilines is 1. The van der Waals surface area contributed by atoms with Crippen LogP contribution in [0.1, 0.15) is 22.3 Å². The minimum Gasteiger partial charge on any atom is -0.464 e. The van der Waals surface area contributed by atoms with Crippen LogP contribution in [0.3, 0.4) is 0 Å². The molecule has 0 spiro atoms. The van der Waals surface area contributed by atoms with E-state index in [9.17, 15) is 4.79 Å². The third-order valence-electron chi connectivity index (χ3n) is 5.40. The van der Waals surface area contributed by atoms with Crippen molar-refractivity contribution < 1.29 is 9.21 Å². The largest absolute Gasteiger partial charge is 0.464 e. The molecule has 2 heterocycles. The Balaban J connectivity index is 1.32. The van der Waals surface area contributed by atoms with Gasteiger partial charge in [-0.2, -0.15) is 0 Å². The van der Waals surface area contributed by atoms with Crippen LogP contribution in [-0.4, -0.2) is 10.9 Å². The first-order chi connectivity index (χ1) is 15.0. The molecule has 4 nitrogen and oxygen atoms in total. The number of hydrogen-bond acceptors (Lipinski definition) is 4. The molecule has 0 radical (unpaired) electrons. The Hall–Kier alpha value is -3.44. The second-order valence-electron chi connectivity index (χ2n) is 8.01. The maximum absolute atomic E-state index is 12.6. The number of carbonyl (C=O) groups excluding carboxylic acids is 1. The first-order valence-corrected chi connectivity index (χ1v) is 11.0. The summed E-state index contributed by atoms with van der Waals surface area (Å²) < 4.78 is 6.86. The second-order valence-corrected chi connectivity index (χ2v) is 9.04. The number of rotatable bonds is 4. The average Bonchev–Trinajstić information content (AvgIpc) is 3.32. The number of carbonyl (C=O) groups is 1. The van der Waals surface area contributed by atoms with Gasteiger partial charge in [-0.1, -0.05) is 12.1 Å². The van der Waals surface area contributed by atoms with Gasteiger partial charge in [0, 0.05) is 22.2 Å². The molecular formula is C26H22N2O2S. The van der Waals surface area contributed by atoms with Crippen LogP contribution in [0.25, 0.3) is 31.8 Å². The third-order valence-corrected chi connectivity index (χ3v) is 6.47. The minimum absolute atomic E-state index is 0.0640. The van der Waals surface area contributed by atoms with Gasteiger partial charge < -0.3 is 9.73 Å². The van der Waals surface area contributed by atoms with E-state index in [0.717, 1.165) is 49.4 Å². The molecule has 3 aromatic carbocycles. The standard InChI is InChI=1S/C26H22N2O2S/c1-15-4-9-21-23(12-15)31-26(28-21)18-5-7-20(8-6-18)27-24(29)13-19-14-30-22-11-16(2)10-17(3)25(19)22/h4-12,14H,13H2,1-3H3,(H,27,29). The molecule has 1 N–H and O–H groups in total. The summed E-state index contributed by atoms with van der Waals surface area (Å²) in [6.45, 7) is 6.18. The molecule has 0 atom stereocenters. The van der Waals surface area contributed by atoms with Crippen LogP contribution in [0, 0.1) is 20.8 Å². The van der Waals surface area contributed by atoms with Gasteiger partial charge in [0.15, 0.2) is 0 Å². The second kappa shape index (κ2) is 7.67. The van der Waals surface area contributed by atoms with Gasteiger partial charge in [0.1, 0.15) is 10.6 Å². The van der Waals surface area contributed by atoms with E-state index in [1.165, 1.54) is 10.3 Å². The highest BCUT2D eigenvalue weighted by atomic mass is 32.1. The molecule has 0 bridgehead atoms. The summed E-state index contributed by atoms with van der Waals surface area (Å²) in [6.07, 6.45) is 1.96. The van der Waals surface area contributed by atoms with E-state index in [4.69, 9.17) is 9.40 Å². The molecule has 0 fully saturated rings. The van der Waals surface area contributed by atoms with Crippen LogP contribution in [0.5, 0.6) is 0 Å². The van der Waals surface area contributed by atoms with Gasteiger partial charge in [-0.3, -0.25) is 4.79 Å². The van der Waals surface area contributed by atoms with E-state index in [0.29, 0.717) is 0 Å². The van der Waals surface area contributed by atoms with Crippen molar-refractivity contribution in [2.24, 2.45) is 0 Å². The number of amides is 1. The first-order valence-electron chi connectivity index (χ1n) is 10.2. The van der Waals surface area contributed by atoms with Crippen LogP contribution in [-0.2, 0) is 11.2 Å². The lowest BCUT2D eigenvalue weighted by Crippen LogP contribution is -2.14. The molecule has 154 valence electrons. The molecule has 0 aliphatic heterocycles. The molecule has 31 heavy (non-hydrogen) atoms. The summed E-state index contributed by atoms with van der Waals surface area (Å²) in [5, 5.41) is 5.00. The molecule has 0 aliphatic carbocycles. The third kappa shape index (κ3) is 3.84. The van der Waals surface area contributed by atoms with Crippen molar-refractivity contribution in [1.29, 1.82) is 0 Å². The van der Waals surface area contributed by atoms with E-state index in [-0.39, 0.29) is 12.3 Å². The van der Waals surface area contributed by atoms with Crippen LogP contribution in [0.4, 0.5) is 5.69 Å². The number of nitrogens with one attached hydrogen (secondary N) is 1. The number of thiazole rings is 1. The topological polar surface area (TPSA) is 55.1 Å². The molecule has 5 aromatic rings. The summed E-state index contributed by atoms with van der Waals surface area (Å²) in [4.78, 5) is 17.4. The molecule has 1 amide bonds. The van der Waals surface area contributed by atoms with E-state index in [1.807, 2.05) is 44.2 Å². The Morgan fingerprint density at radius 3 is 2.61 bits per heavy atom. The van der Waals surface area contributed by atoms with E-state index >= 15 is 0 Å². The van der Waals surface area contributed by atoms with Gasteiger partial charge in [0.05, 0.1) is 22.9 Å². The molecule has 0 saturated carbocycles. The van der Waals surface area contributed by atoms with Crippen molar-refractivity contribution in [3.8, 4) is 10.6 Å². The van der Waals surface area contributed by atoms with Crippen LogP contribution >= 0.6 is 11.3 Å². The Bertz CT molecular complexity index is 1430. The zero-order valence-electron chi connectivity index (χ0n) is 17.7. The van der Waals surface area contributed by atoms with Gasteiger partial charge in [-0.15, -0.1) is 11.3 Å². The SMILES string of the molecule is Cc1cc(C)c2c(CC(=O)Nc3ccc(-c4nc5ccc(C)cc5s4)cc3)coc2c1. The number of benzene rings is 3. The lowest BCUT2D eigenvalue weighted by molar-refractivity contribution is -0.115. The number of fused-ring (bicyclic) bond motifs is 2. The van der Waals surface area contributed by atoms with E-state index in [1.54, 1.807) is 17.6 Å². The fourth-order valence-electron chi connectivity index (χ4n) is 3.99. The smallest absolute Gasteiger partial charge is 0.228 e. The highest BCUT2D eigenvalue weighted by Gasteiger charge is 2.13. The summed E-state index contributed by atoms with van der Waals surface area (Å²) in [7, 11) is 0. The zero-order valence-corrected chi connectivity index (χ0v) is 18.5. The minimum atomic E-state index is -0.0640. The highest BCUT2D eigenvalue weighted by Crippen LogP contribution is 2.31.